The number of hydrogen-bond donors (Lipinski definition) is 1. The van der Waals surface area contributed by atoms with Gasteiger partial charge in [-0.05, 0) is 40.0 Å². The minimum atomic E-state index is -4.50. The largest absolute Gasteiger partial charge is 0.467 e. The Hall–Kier alpha value is -1.88. The zero-order valence-corrected chi connectivity index (χ0v) is 17.5. The molecule has 0 unspecified atom stereocenters. The molecule has 2 amide bonds. The summed E-state index contributed by atoms with van der Waals surface area (Å²) in [6.45, 7) is 9.71. The van der Waals surface area contributed by atoms with Crippen LogP contribution in [-0.2, 0) is 33.6 Å². The number of rotatable bonds is 5. The number of nitrogens with zero attached hydrogens (tertiary/aromatic N) is 1. The molecule has 0 radical (unpaired) electrons. The van der Waals surface area contributed by atoms with Crippen LogP contribution in [0.2, 0.25) is 0 Å². The third kappa shape index (κ3) is 6.06. The Kier molecular flexibility index (Phi) is 7.23. The first-order chi connectivity index (χ1) is 12.2. The smallest absolute Gasteiger partial charge is 0.426 e. The van der Waals surface area contributed by atoms with Gasteiger partial charge >= 0.3 is 22.4 Å². The summed E-state index contributed by atoms with van der Waals surface area (Å²) in [4.78, 5) is 37.0. The Balaban J connectivity index is 3.13. The van der Waals surface area contributed by atoms with Crippen molar-refractivity contribution in [3.8, 4) is 0 Å². The third-order valence-electron chi connectivity index (χ3n) is 3.56. The summed E-state index contributed by atoms with van der Waals surface area (Å²) >= 11 is 0. The first-order valence-electron chi connectivity index (χ1n) is 8.53. The van der Waals surface area contributed by atoms with Crippen molar-refractivity contribution in [3.63, 3.8) is 0 Å². The van der Waals surface area contributed by atoms with Crippen LogP contribution in [0, 0.1) is 5.92 Å². The SMILES string of the molecule is COC(=O)[C@H](CC(C)C)NC(=O)[C@@H]1[C@@H](C)OS(=O)(=O)N1C(=O)OC(C)(C)C. The minimum Gasteiger partial charge on any atom is -0.467 e. The Morgan fingerprint density at radius 3 is 2.22 bits per heavy atom. The Morgan fingerprint density at radius 1 is 1.22 bits per heavy atom. The van der Waals surface area contributed by atoms with Gasteiger partial charge in [-0.25, -0.2) is 13.8 Å². The monoisotopic (exact) mass is 408 g/mol. The van der Waals surface area contributed by atoms with Crippen molar-refractivity contribution in [2.24, 2.45) is 5.92 Å². The summed E-state index contributed by atoms with van der Waals surface area (Å²) in [6.07, 6.45) is -2.11. The van der Waals surface area contributed by atoms with Crippen LogP contribution >= 0.6 is 0 Å². The van der Waals surface area contributed by atoms with E-state index in [1.807, 2.05) is 13.8 Å². The van der Waals surface area contributed by atoms with Crippen LogP contribution in [0.25, 0.3) is 0 Å². The maximum Gasteiger partial charge on any atom is 0.426 e. The lowest BCUT2D eigenvalue weighted by atomic mass is 10.0. The first-order valence-corrected chi connectivity index (χ1v) is 9.90. The number of amides is 2. The number of esters is 1. The van der Waals surface area contributed by atoms with Crippen molar-refractivity contribution < 1.29 is 36.5 Å². The number of carbonyl (C=O) groups is 3. The molecule has 0 saturated carbocycles. The van der Waals surface area contributed by atoms with Gasteiger partial charge in [-0.3, -0.25) is 4.79 Å². The summed E-state index contributed by atoms with van der Waals surface area (Å²) in [5, 5.41) is 2.45. The van der Waals surface area contributed by atoms with E-state index in [2.05, 4.69) is 10.1 Å². The van der Waals surface area contributed by atoms with Gasteiger partial charge < -0.3 is 14.8 Å². The van der Waals surface area contributed by atoms with Crippen LogP contribution < -0.4 is 5.32 Å². The van der Waals surface area contributed by atoms with Crippen LogP contribution in [0.5, 0.6) is 0 Å². The second kappa shape index (κ2) is 8.42. The second-order valence-electron chi connectivity index (χ2n) is 7.69. The topological polar surface area (TPSA) is 128 Å². The molecule has 3 atom stereocenters. The standard InChI is InChI=1S/C16H28N2O8S/c1-9(2)8-11(14(20)24-7)17-13(19)12-10(3)26-27(22,23)18(12)15(21)25-16(4,5)6/h9-12H,8H2,1-7H3,(H,17,19)/t10-,11+,12+/m1/s1. The summed E-state index contributed by atoms with van der Waals surface area (Å²) < 4.78 is 39.2. The molecule has 1 N–H and O–H groups in total. The first kappa shape index (κ1) is 23.2. The Labute approximate surface area is 159 Å². The number of carbonyl (C=O) groups excluding carboxylic acids is 3. The number of ether oxygens (including phenoxy) is 2. The van der Waals surface area contributed by atoms with Gasteiger partial charge in [0.25, 0.3) is 0 Å². The van der Waals surface area contributed by atoms with Crippen LogP contribution in [0.3, 0.4) is 0 Å². The number of nitrogens with one attached hydrogen (secondary N) is 1. The molecular weight excluding hydrogens is 380 g/mol. The van der Waals surface area contributed by atoms with E-state index in [9.17, 15) is 22.8 Å². The van der Waals surface area contributed by atoms with E-state index >= 15 is 0 Å². The molecule has 1 aliphatic rings. The summed E-state index contributed by atoms with van der Waals surface area (Å²) in [5.41, 5.74) is -0.981. The van der Waals surface area contributed by atoms with Gasteiger partial charge in [-0.15, -0.1) is 0 Å². The van der Waals surface area contributed by atoms with E-state index in [1.54, 1.807) is 20.8 Å². The summed E-state index contributed by atoms with van der Waals surface area (Å²) in [5.74, 6) is -1.47. The average molecular weight is 408 g/mol. The highest BCUT2D eigenvalue weighted by Crippen LogP contribution is 2.27. The van der Waals surface area contributed by atoms with Gasteiger partial charge in [0.2, 0.25) is 5.91 Å². The van der Waals surface area contributed by atoms with E-state index < -0.39 is 52.1 Å². The fourth-order valence-corrected chi connectivity index (χ4v) is 3.88. The van der Waals surface area contributed by atoms with E-state index in [0.29, 0.717) is 0 Å². The van der Waals surface area contributed by atoms with E-state index in [4.69, 9.17) is 8.92 Å². The number of hydrogen-bond acceptors (Lipinski definition) is 8. The maximum absolute atomic E-state index is 12.7. The molecule has 0 spiro atoms. The molecule has 11 heteroatoms. The van der Waals surface area contributed by atoms with E-state index in [-0.39, 0.29) is 16.6 Å². The summed E-state index contributed by atoms with van der Waals surface area (Å²) in [6, 6.07) is -2.50. The molecule has 27 heavy (non-hydrogen) atoms. The zero-order valence-electron chi connectivity index (χ0n) is 16.6. The van der Waals surface area contributed by atoms with Crippen molar-refractivity contribution in [1.82, 2.24) is 9.62 Å². The van der Waals surface area contributed by atoms with Crippen LogP contribution in [-0.4, -0.2) is 61.6 Å². The Bertz CT molecular complexity index is 683. The van der Waals surface area contributed by atoms with Crippen LogP contribution in [0.4, 0.5) is 4.79 Å². The van der Waals surface area contributed by atoms with Crippen molar-refractivity contribution in [3.05, 3.63) is 0 Å². The lowest BCUT2D eigenvalue weighted by Gasteiger charge is -2.27. The average Bonchev–Trinajstić information content (AvgIpc) is 2.72. The molecule has 156 valence electrons. The third-order valence-corrected chi connectivity index (χ3v) is 4.97. The van der Waals surface area contributed by atoms with Crippen LogP contribution in [0.15, 0.2) is 0 Å². The van der Waals surface area contributed by atoms with Crippen molar-refractivity contribution in [1.29, 1.82) is 0 Å². The molecule has 1 saturated heterocycles. The van der Waals surface area contributed by atoms with Crippen molar-refractivity contribution >= 4 is 28.3 Å². The van der Waals surface area contributed by atoms with Gasteiger partial charge in [0, 0.05) is 0 Å². The van der Waals surface area contributed by atoms with E-state index in [0.717, 1.165) is 0 Å². The minimum absolute atomic E-state index is 0.0531. The normalized spacial score (nSPS) is 23.0. The molecule has 0 aromatic heterocycles. The molecule has 1 heterocycles. The highest BCUT2D eigenvalue weighted by Gasteiger charge is 2.53. The molecule has 0 aromatic carbocycles. The van der Waals surface area contributed by atoms with Gasteiger partial charge in [0.05, 0.1) is 7.11 Å². The van der Waals surface area contributed by atoms with E-state index in [1.165, 1.54) is 14.0 Å². The number of methoxy groups -OCH3 is 1. The zero-order chi connectivity index (χ0) is 21.2. The summed E-state index contributed by atoms with van der Waals surface area (Å²) in [7, 11) is -3.32. The van der Waals surface area contributed by atoms with Crippen molar-refractivity contribution in [2.75, 3.05) is 7.11 Å². The lowest BCUT2D eigenvalue weighted by Crippen LogP contribution is -2.55. The molecule has 1 aliphatic heterocycles. The maximum atomic E-state index is 12.7. The molecule has 0 bridgehead atoms. The fraction of sp³-hybridized carbons (Fsp3) is 0.812. The molecule has 0 aromatic rings. The molecule has 1 rings (SSSR count). The molecule has 10 nitrogen and oxygen atoms in total. The highest BCUT2D eigenvalue weighted by molar-refractivity contribution is 7.85. The van der Waals surface area contributed by atoms with Gasteiger partial charge in [-0.2, -0.15) is 12.7 Å². The van der Waals surface area contributed by atoms with Gasteiger partial charge in [0.15, 0.2) is 6.04 Å². The highest BCUT2D eigenvalue weighted by atomic mass is 32.2. The quantitative estimate of drug-likeness (QED) is 0.666. The van der Waals surface area contributed by atoms with Gasteiger partial charge in [-0.1, -0.05) is 13.8 Å². The molecular formula is C16H28N2O8S. The Morgan fingerprint density at radius 2 is 1.78 bits per heavy atom. The fourth-order valence-electron chi connectivity index (χ4n) is 2.54. The van der Waals surface area contributed by atoms with Gasteiger partial charge in [0.1, 0.15) is 17.7 Å². The molecule has 0 aliphatic carbocycles. The predicted molar refractivity (Wildman–Crippen MR) is 94.7 cm³/mol. The second-order valence-corrected chi connectivity index (χ2v) is 9.14. The van der Waals surface area contributed by atoms with Crippen molar-refractivity contribution in [2.45, 2.75) is 71.8 Å². The van der Waals surface area contributed by atoms with Crippen LogP contribution in [0.1, 0.15) is 48.0 Å². The predicted octanol–water partition coefficient (Wildman–Crippen LogP) is 0.960. The lowest BCUT2D eigenvalue weighted by molar-refractivity contribution is -0.146. The molecule has 1 fully saturated rings.